The molecule has 2 aromatic rings. The lowest BCUT2D eigenvalue weighted by Gasteiger charge is -2.22. The van der Waals surface area contributed by atoms with Crippen molar-refractivity contribution in [2.45, 2.75) is 25.3 Å². The van der Waals surface area contributed by atoms with Gasteiger partial charge >= 0.3 is 5.97 Å². The van der Waals surface area contributed by atoms with Crippen molar-refractivity contribution in [2.24, 2.45) is 0 Å². The second-order valence-corrected chi connectivity index (χ2v) is 5.25. The first kappa shape index (κ1) is 15.8. The molecule has 4 nitrogen and oxygen atoms in total. The van der Waals surface area contributed by atoms with E-state index in [-0.39, 0.29) is 18.2 Å². The average Bonchev–Trinajstić information content (AvgIpc) is 2.53. The Balaban J connectivity index is 2.06. The zero-order valence-electron chi connectivity index (χ0n) is 12.4. The molecule has 114 valence electrons. The molecule has 2 atom stereocenters. The largest absolute Gasteiger partial charge is 0.480 e. The summed E-state index contributed by atoms with van der Waals surface area (Å²) in [6.45, 7) is 1.80. The first-order chi connectivity index (χ1) is 10.6. The minimum atomic E-state index is -1.03. The Hall–Kier alpha value is -2.62. The number of rotatable bonds is 6. The second-order valence-electron chi connectivity index (χ2n) is 5.25. The van der Waals surface area contributed by atoms with Crippen LogP contribution in [-0.4, -0.2) is 23.0 Å². The van der Waals surface area contributed by atoms with E-state index >= 15 is 0 Å². The fourth-order valence-electron chi connectivity index (χ4n) is 2.36. The van der Waals surface area contributed by atoms with Crippen LogP contribution in [0, 0.1) is 0 Å². The van der Waals surface area contributed by atoms with Gasteiger partial charge in [-0.1, -0.05) is 67.6 Å². The molecule has 2 N–H and O–H groups in total. The molecule has 0 aliphatic carbocycles. The number of amides is 1. The van der Waals surface area contributed by atoms with E-state index in [1.54, 1.807) is 6.92 Å². The van der Waals surface area contributed by atoms with Gasteiger partial charge in [0.25, 0.3) is 0 Å². The molecule has 0 radical (unpaired) electrons. The number of carbonyl (C=O) groups excluding carboxylic acids is 1. The van der Waals surface area contributed by atoms with Gasteiger partial charge in [-0.3, -0.25) is 4.79 Å². The van der Waals surface area contributed by atoms with E-state index in [1.165, 1.54) is 0 Å². The van der Waals surface area contributed by atoms with Crippen LogP contribution in [0.3, 0.4) is 0 Å². The maximum absolute atomic E-state index is 12.1. The normalized spacial score (nSPS) is 13.1. The van der Waals surface area contributed by atoms with Gasteiger partial charge in [0.1, 0.15) is 6.04 Å². The molecule has 1 amide bonds. The quantitative estimate of drug-likeness (QED) is 0.861. The number of aliphatic carboxylic acids is 1. The lowest BCUT2D eigenvalue weighted by atomic mass is 9.93. The first-order valence-corrected chi connectivity index (χ1v) is 7.19. The summed E-state index contributed by atoms with van der Waals surface area (Å²) in [6.07, 6.45) is 0.173. The molecule has 22 heavy (non-hydrogen) atoms. The molecule has 0 fully saturated rings. The number of benzene rings is 2. The summed E-state index contributed by atoms with van der Waals surface area (Å²) in [6, 6.07) is 17.6. The van der Waals surface area contributed by atoms with E-state index in [0.717, 1.165) is 11.1 Å². The van der Waals surface area contributed by atoms with Crippen LogP contribution < -0.4 is 5.32 Å². The highest BCUT2D eigenvalue weighted by molar-refractivity contribution is 5.85. The summed E-state index contributed by atoms with van der Waals surface area (Å²) >= 11 is 0. The number of carbonyl (C=O) groups is 2. The van der Waals surface area contributed by atoms with E-state index in [0.29, 0.717) is 0 Å². The van der Waals surface area contributed by atoms with Gasteiger partial charge in [0, 0.05) is 5.92 Å². The van der Waals surface area contributed by atoms with Gasteiger partial charge < -0.3 is 10.4 Å². The zero-order valence-corrected chi connectivity index (χ0v) is 12.4. The number of carboxylic acid groups (broad SMARTS) is 1. The SMILES string of the molecule is CC(c1ccccc1)C(NC(=O)Cc1ccccc1)C(=O)O. The van der Waals surface area contributed by atoms with E-state index in [4.69, 9.17) is 0 Å². The predicted molar refractivity (Wildman–Crippen MR) is 84.6 cm³/mol. The van der Waals surface area contributed by atoms with Gasteiger partial charge in [-0.15, -0.1) is 0 Å². The Morgan fingerprint density at radius 2 is 1.55 bits per heavy atom. The Morgan fingerprint density at radius 3 is 2.09 bits per heavy atom. The van der Waals surface area contributed by atoms with E-state index in [9.17, 15) is 14.7 Å². The fraction of sp³-hybridized carbons (Fsp3) is 0.222. The Bertz CT molecular complexity index is 625. The van der Waals surface area contributed by atoms with Crippen molar-refractivity contribution in [3.05, 3.63) is 71.8 Å². The number of hydrogen-bond donors (Lipinski definition) is 2. The third-order valence-corrected chi connectivity index (χ3v) is 3.62. The number of hydrogen-bond acceptors (Lipinski definition) is 2. The van der Waals surface area contributed by atoms with Gasteiger partial charge in [0.2, 0.25) is 5.91 Å². The summed E-state index contributed by atoms with van der Waals surface area (Å²) in [5.41, 5.74) is 1.74. The van der Waals surface area contributed by atoms with Gasteiger partial charge in [0.15, 0.2) is 0 Å². The molecular formula is C18H19NO3. The van der Waals surface area contributed by atoms with Gasteiger partial charge in [-0.25, -0.2) is 4.79 Å². The molecule has 0 heterocycles. The van der Waals surface area contributed by atoms with E-state index < -0.39 is 12.0 Å². The topological polar surface area (TPSA) is 66.4 Å². The van der Waals surface area contributed by atoms with Crippen molar-refractivity contribution in [1.29, 1.82) is 0 Å². The molecule has 2 aromatic carbocycles. The van der Waals surface area contributed by atoms with Crippen molar-refractivity contribution in [2.75, 3.05) is 0 Å². The minimum absolute atomic E-state index is 0.173. The number of nitrogens with one attached hydrogen (secondary N) is 1. The lowest BCUT2D eigenvalue weighted by molar-refractivity contribution is -0.142. The molecule has 2 rings (SSSR count). The Morgan fingerprint density at radius 1 is 1.00 bits per heavy atom. The highest BCUT2D eigenvalue weighted by Gasteiger charge is 2.27. The van der Waals surface area contributed by atoms with Gasteiger partial charge in [0.05, 0.1) is 6.42 Å². The van der Waals surface area contributed by atoms with Crippen LogP contribution in [-0.2, 0) is 16.0 Å². The van der Waals surface area contributed by atoms with Crippen LogP contribution in [0.15, 0.2) is 60.7 Å². The zero-order chi connectivity index (χ0) is 15.9. The molecular weight excluding hydrogens is 278 g/mol. The first-order valence-electron chi connectivity index (χ1n) is 7.19. The Labute approximate surface area is 129 Å². The number of carboxylic acids is 1. The molecule has 0 spiro atoms. The maximum Gasteiger partial charge on any atom is 0.326 e. The lowest BCUT2D eigenvalue weighted by Crippen LogP contribution is -2.44. The molecule has 0 saturated carbocycles. The average molecular weight is 297 g/mol. The molecule has 0 bridgehead atoms. The molecule has 0 aliphatic heterocycles. The van der Waals surface area contributed by atoms with Crippen LogP contribution in [0.4, 0.5) is 0 Å². The van der Waals surface area contributed by atoms with Gasteiger partial charge in [-0.05, 0) is 11.1 Å². The summed E-state index contributed by atoms with van der Waals surface area (Å²) in [5.74, 6) is -1.63. The Kier molecular flexibility index (Phi) is 5.31. The predicted octanol–water partition coefficient (Wildman–Crippen LogP) is 2.60. The maximum atomic E-state index is 12.1. The molecule has 0 aromatic heterocycles. The van der Waals surface area contributed by atoms with Crippen molar-refractivity contribution >= 4 is 11.9 Å². The third-order valence-electron chi connectivity index (χ3n) is 3.62. The minimum Gasteiger partial charge on any atom is -0.480 e. The van der Waals surface area contributed by atoms with Crippen LogP contribution in [0.5, 0.6) is 0 Å². The monoisotopic (exact) mass is 297 g/mol. The summed E-state index contributed by atoms with van der Waals surface area (Å²) in [5, 5.41) is 12.0. The van der Waals surface area contributed by atoms with Crippen LogP contribution >= 0.6 is 0 Å². The standard InChI is InChI=1S/C18H19NO3/c1-13(15-10-6-3-7-11-15)17(18(21)22)19-16(20)12-14-8-4-2-5-9-14/h2-11,13,17H,12H2,1H3,(H,19,20)(H,21,22). The molecule has 0 aliphatic rings. The van der Waals surface area contributed by atoms with Gasteiger partial charge in [-0.2, -0.15) is 0 Å². The fourth-order valence-corrected chi connectivity index (χ4v) is 2.36. The third kappa shape index (κ3) is 4.19. The highest BCUT2D eigenvalue weighted by Crippen LogP contribution is 2.19. The van der Waals surface area contributed by atoms with E-state index in [1.807, 2.05) is 60.7 Å². The van der Waals surface area contributed by atoms with Crippen molar-refractivity contribution in [3.8, 4) is 0 Å². The summed E-state index contributed by atoms with van der Waals surface area (Å²) in [4.78, 5) is 23.6. The van der Waals surface area contributed by atoms with Crippen LogP contribution in [0.1, 0.15) is 24.0 Å². The van der Waals surface area contributed by atoms with Crippen molar-refractivity contribution in [1.82, 2.24) is 5.32 Å². The molecule has 0 saturated heterocycles. The summed E-state index contributed by atoms with van der Waals surface area (Å²) in [7, 11) is 0. The molecule has 4 heteroatoms. The highest BCUT2D eigenvalue weighted by atomic mass is 16.4. The second kappa shape index (κ2) is 7.41. The van der Waals surface area contributed by atoms with Crippen LogP contribution in [0.2, 0.25) is 0 Å². The van der Waals surface area contributed by atoms with E-state index in [2.05, 4.69) is 5.32 Å². The van der Waals surface area contributed by atoms with Crippen molar-refractivity contribution < 1.29 is 14.7 Å². The molecule has 2 unspecified atom stereocenters. The smallest absolute Gasteiger partial charge is 0.326 e. The van der Waals surface area contributed by atoms with Crippen LogP contribution in [0.25, 0.3) is 0 Å². The summed E-state index contributed by atoms with van der Waals surface area (Å²) < 4.78 is 0. The van der Waals surface area contributed by atoms with Crippen molar-refractivity contribution in [3.63, 3.8) is 0 Å².